The molecular formula is C18H26FN3O2. The third-order valence-electron chi connectivity index (χ3n) is 5.05. The second kappa shape index (κ2) is 7.94. The Bertz CT molecular complexity index is 552. The molecule has 1 aromatic carbocycles. The van der Waals surface area contributed by atoms with Crippen LogP contribution in [0.2, 0.25) is 0 Å². The number of hydrogen-bond donors (Lipinski definition) is 1. The molecule has 4 rings (SSSR count). The van der Waals surface area contributed by atoms with Gasteiger partial charge in [0.15, 0.2) is 0 Å². The zero-order valence-electron chi connectivity index (χ0n) is 14.2. The molecule has 0 saturated carbocycles. The molecule has 0 aromatic heterocycles. The van der Waals surface area contributed by atoms with Crippen molar-refractivity contribution >= 4 is 6.03 Å². The van der Waals surface area contributed by atoms with Crippen molar-refractivity contribution < 1.29 is 13.9 Å². The van der Waals surface area contributed by atoms with Crippen molar-refractivity contribution in [1.82, 2.24) is 15.1 Å². The number of carbonyl (C=O) groups excluding carboxylic acids is 1. The molecule has 0 aliphatic carbocycles. The number of urea groups is 1. The zero-order chi connectivity index (χ0) is 16.9. The largest absolute Gasteiger partial charge is 0.383 e. The van der Waals surface area contributed by atoms with E-state index >= 15 is 0 Å². The van der Waals surface area contributed by atoms with Crippen LogP contribution >= 0.6 is 0 Å². The highest BCUT2D eigenvalue weighted by molar-refractivity contribution is 5.74. The molecule has 0 spiro atoms. The summed E-state index contributed by atoms with van der Waals surface area (Å²) in [6.45, 7) is 4.74. The first kappa shape index (κ1) is 17.2. The molecule has 0 radical (unpaired) electrons. The molecule has 6 heteroatoms. The number of hydrogen-bond acceptors (Lipinski definition) is 3. The Morgan fingerprint density at radius 2 is 2.04 bits per heavy atom. The molecule has 1 aromatic rings. The summed E-state index contributed by atoms with van der Waals surface area (Å²) in [6.07, 6.45) is 2.34. The second-order valence-electron chi connectivity index (χ2n) is 6.78. The lowest BCUT2D eigenvalue weighted by Gasteiger charge is -2.35. The maximum atomic E-state index is 12.9. The predicted molar refractivity (Wildman–Crippen MR) is 90.2 cm³/mol. The van der Waals surface area contributed by atoms with Crippen molar-refractivity contribution in [3.05, 3.63) is 35.6 Å². The summed E-state index contributed by atoms with van der Waals surface area (Å²) < 4.78 is 18.1. The van der Waals surface area contributed by atoms with Gasteiger partial charge in [0, 0.05) is 45.9 Å². The van der Waals surface area contributed by atoms with Gasteiger partial charge < -0.3 is 15.0 Å². The molecular weight excluding hydrogens is 309 g/mol. The number of rotatable bonds is 5. The molecule has 3 saturated heterocycles. The molecule has 3 fully saturated rings. The van der Waals surface area contributed by atoms with Gasteiger partial charge in [-0.15, -0.1) is 0 Å². The lowest BCUT2D eigenvalue weighted by molar-refractivity contribution is 0.0874. The number of amides is 2. The fourth-order valence-electron chi connectivity index (χ4n) is 3.72. The summed E-state index contributed by atoms with van der Waals surface area (Å²) in [4.78, 5) is 16.9. The van der Waals surface area contributed by atoms with E-state index in [1.807, 2.05) is 4.90 Å². The van der Waals surface area contributed by atoms with Crippen LogP contribution in [0.5, 0.6) is 0 Å². The van der Waals surface area contributed by atoms with Crippen molar-refractivity contribution in [2.75, 3.05) is 39.9 Å². The highest BCUT2D eigenvalue weighted by Crippen LogP contribution is 2.27. The van der Waals surface area contributed by atoms with E-state index < -0.39 is 0 Å². The van der Waals surface area contributed by atoms with Crippen LogP contribution in [-0.4, -0.2) is 61.8 Å². The number of halogens is 1. The van der Waals surface area contributed by atoms with Crippen molar-refractivity contribution in [2.24, 2.45) is 5.92 Å². The van der Waals surface area contributed by atoms with Crippen LogP contribution in [-0.2, 0) is 11.3 Å². The summed E-state index contributed by atoms with van der Waals surface area (Å²) in [5.74, 6) is 0.280. The van der Waals surface area contributed by atoms with E-state index in [-0.39, 0.29) is 11.8 Å². The lowest BCUT2D eigenvalue weighted by Crippen LogP contribution is -2.47. The van der Waals surface area contributed by atoms with Gasteiger partial charge in [0.05, 0.1) is 6.61 Å². The standard InChI is InChI=1S/C18H26FN3O2/c1-24-9-8-21-11-15-4-7-17(21)13-22(12-15)18(23)20-10-14-2-5-16(19)6-3-14/h2-3,5-6,15,17H,4,7-13H2,1H3,(H,20,23)/t15-,17-/m0/s1. The average molecular weight is 335 g/mol. The van der Waals surface area contributed by atoms with E-state index in [0.717, 1.165) is 44.8 Å². The average Bonchev–Trinajstić information content (AvgIpc) is 2.91. The molecule has 2 atom stereocenters. The number of benzene rings is 1. The van der Waals surface area contributed by atoms with E-state index in [4.69, 9.17) is 4.74 Å². The van der Waals surface area contributed by atoms with E-state index in [0.29, 0.717) is 18.5 Å². The second-order valence-corrected chi connectivity index (χ2v) is 6.78. The summed E-state index contributed by atoms with van der Waals surface area (Å²) in [5, 5.41) is 2.96. The van der Waals surface area contributed by atoms with Crippen LogP contribution < -0.4 is 5.32 Å². The normalized spacial score (nSPS) is 24.0. The number of methoxy groups -OCH3 is 1. The van der Waals surface area contributed by atoms with Gasteiger partial charge in [-0.3, -0.25) is 4.90 Å². The van der Waals surface area contributed by atoms with Gasteiger partial charge in [0.1, 0.15) is 5.82 Å². The third-order valence-corrected chi connectivity index (χ3v) is 5.05. The molecule has 3 aliphatic rings. The Hall–Kier alpha value is -1.66. The molecule has 0 unspecified atom stereocenters. The van der Waals surface area contributed by atoms with Gasteiger partial charge in [-0.2, -0.15) is 0 Å². The number of ether oxygens (including phenoxy) is 1. The maximum Gasteiger partial charge on any atom is 0.317 e. The lowest BCUT2D eigenvalue weighted by atomic mass is 9.95. The molecule has 132 valence electrons. The first-order valence-electron chi connectivity index (χ1n) is 8.66. The zero-order valence-corrected chi connectivity index (χ0v) is 14.2. The quantitative estimate of drug-likeness (QED) is 0.896. The number of nitrogens with one attached hydrogen (secondary N) is 1. The van der Waals surface area contributed by atoms with Crippen molar-refractivity contribution in [1.29, 1.82) is 0 Å². The summed E-state index contributed by atoms with van der Waals surface area (Å²) in [5.41, 5.74) is 0.907. The minimum Gasteiger partial charge on any atom is -0.383 e. The van der Waals surface area contributed by atoms with Crippen LogP contribution in [0.15, 0.2) is 24.3 Å². The fraction of sp³-hybridized carbons (Fsp3) is 0.611. The molecule has 5 nitrogen and oxygen atoms in total. The first-order chi connectivity index (χ1) is 11.7. The minimum atomic E-state index is -0.259. The molecule has 1 N–H and O–H groups in total. The van der Waals surface area contributed by atoms with Gasteiger partial charge in [0.25, 0.3) is 0 Å². The van der Waals surface area contributed by atoms with Gasteiger partial charge in [0.2, 0.25) is 0 Å². The predicted octanol–water partition coefficient (Wildman–Crippen LogP) is 2.08. The van der Waals surface area contributed by atoms with Crippen molar-refractivity contribution in [2.45, 2.75) is 25.4 Å². The number of nitrogens with zero attached hydrogens (tertiary/aromatic N) is 2. The fourth-order valence-corrected chi connectivity index (χ4v) is 3.72. The minimum absolute atomic E-state index is 0.0233. The van der Waals surface area contributed by atoms with E-state index in [9.17, 15) is 9.18 Å². The Kier molecular flexibility index (Phi) is 5.68. The van der Waals surface area contributed by atoms with Crippen molar-refractivity contribution in [3.8, 4) is 0 Å². The Balaban J connectivity index is 1.54. The Morgan fingerprint density at radius 1 is 1.25 bits per heavy atom. The van der Waals surface area contributed by atoms with E-state index in [1.54, 1.807) is 19.2 Å². The summed E-state index contributed by atoms with van der Waals surface area (Å²) in [6, 6.07) is 6.64. The van der Waals surface area contributed by atoms with Crippen molar-refractivity contribution in [3.63, 3.8) is 0 Å². The molecule has 2 amide bonds. The molecule has 3 aliphatic heterocycles. The van der Waals surface area contributed by atoms with Crippen LogP contribution in [0.3, 0.4) is 0 Å². The topological polar surface area (TPSA) is 44.8 Å². The van der Waals surface area contributed by atoms with Gasteiger partial charge in [-0.05, 0) is 36.5 Å². The van der Waals surface area contributed by atoms with Gasteiger partial charge in [-0.1, -0.05) is 12.1 Å². The van der Waals surface area contributed by atoms with Crippen LogP contribution in [0.1, 0.15) is 18.4 Å². The first-order valence-corrected chi connectivity index (χ1v) is 8.66. The summed E-state index contributed by atoms with van der Waals surface area (Å²) >= 11 is 0. The van der Waals surface area contributed by atoms with Crippen LogP contribution in [0, 0.1) is 11.7 Å². The summed E-state index contributed by atoms with van der Waals surface area (Å²) in [7, 11) is 1.73. The Morgan fingerprint density at radius 3 is 2.79 bits per heavy atom. The maximum absolute atomic E-state index is 12.9. The highest BCUT2D eigenvalue weighted by Gasteiger charge is 2.36. The third kappa shape index (κ3) is 4.24. The molecule has 24 heavy (non-hydrogen) atoms. The van der Waals surface area contributed by atoms with E-state index in [1.165, 1.54) is 18.6 Å². The number of fused-ring (bicyclic) bond motifs is 4. The number of carbonyl (C=O) groups is 1. The molecule has 2 bridgehead atoms. The van der Waals surface area contributed by atoms with Crippen LogP contribution in [0.4, 0.5) is 9.18 Å². The van der Waals surface area contributed by atoms with E-state index in [2.05, 4.69) is 10.2 Å². The van der Waals surface area contributed by atoms with Gasteiger partial charge >= 0.3 is 6.03 Å². The van der Waals surface area contributed by atoms with Gasteiger partial charge in [-0.25, -0.2) is 9.18 Å². The monoisotopic (exact) mass is 335 g/mol. The Labute approximate surface area is 142 Å². The van der Waals surface area contributed by atoms with Crippen LogP contribution in [0.25, 0.3) is 0 Å². The highest BCUT2D eigenvalue weighted by atomic mass is 19.1. The smallest absolute Gasteiger partial charge is 0.317 e. The number of piperidine rings is 1. The SMILES string of the molecule is COCCN1C[C@@H]2CC[C@H]1CN(C(=O)NCc1ccc(F)cc1)C2. The molecule has 3 heterocycles.